The van der Waals surface area contributed by atoms with E-state index in [-0.39, 0.29) is 11.7 Å². The van der Waals surface area contributed by atoms with Gasteiger partial charge >= 0.3 is 0 Å². The summed E-state index contributed by atoms with van der Waals surface area (Å²) < 4.78 is 0. The van der Waals surface area contributed by atoms with E-state index in [2.05, 4.69) is 10.6 Å². The summed E-state index contributed by atoms with van der Waals surface area (Å²) in [5.41, 5.74) is 2.34. The summed E-state index contributed by atoms with van der Waals surface area (Å²) in [5.74, 6) is -0.241. The molecule has 3 aromatic carbocycles. The molecule has 1 saturated carbocycles. The smallest absolute Gasteiger partial charge is 0.251 e. The third-order valence-electron chi connectivity index (χ3n) is 7.10. The predicted octanol–water partition coefficient (Wildman–Crippen LogP) is 8.10. The molecule has 0 aliphatic heterocycles. The molecule has 2 amide bonds. The monoisotopic (exact) mass is 606 g/mol. The van der Waals surface area contributed by atoms with Crippen molar-refractivity contribution in [2.24, 2.45) is 5.92 Å². The highest BCUT2D eigenvalue weighted by Gasteiger charge is 2.26. The van der Waals surface area contributed by atoms with Gasteiger partial charge in [-0.25, -0.2) is 0 Å². The predicted molar refractivity (Wildman–Crippen MR) is 159 cm³/mol. The van der Waals surface area contributed by atoms with Crippen LogP contribution in [0.15, 0.2) is 54.6 Å². The molecule has 1 aliphatic rings. The minimum Gasteiger partial charge on any atom is -0.507 e. The number of nitrogens with one attached hydrogen (secondary N) is 2. The Balaban J connectivity index is 1.47. The lowest BCUT2D eigenvalue weighted by Crippen LogP contribution is -2.48. The first kappa shape index (κ1) is 29.5. The van der Waals surface area contributed by atoms with Gasteiger partial charge in [-0.3, -0.25) is 9.59 Å². The largest absolute Gasteiger partial charge is 0.507 e. The Morgan fingerprint density at radius 1 is 0.846 bits per heavy atom. The Hall–Kier alpha value is -2.44. The van der Waals surface area contributed by atoms with Crippen molar-refractivity contribution in [1.82, 2.24) is 10.6 Å². The minimum absolute atomic E-state index is 0.00346. The molecule has 1 atom stereocenters. The van der Waals surface area contributed by atoms with Gasteiger partial charge in [-0.2, -0.15) is 0 Å². The van der Waals surface area contributed by atoms with E-state index in [1.165, 1.54) is 18.6 Å². The molecule has 1 fully saturated rings. The van der Waals surface area contributed by atoms with Crippen molar-refractivity contribution in [3.63, 3.8) is 0 Å². The molecular weight excluding hydrogens is 578 g/mol. The van der Waals surface area contributed by atoms with Crippen LogP contribution in [0.5, 0.6) is 5.75 Å². The van der Waals surface area contributed by atoms with Crippen LogP contribution < -0.4 is 10.6 Å². The minimum atomic E-state index is -0.684. The van der Waals surface area contributed by atoms with Gasteiger partial charge in [-0.05, 0) is 72.4 Å². The first-order valence-corrected chi connectivity index (χ1v) is 14.5. The second-order valence-corrected chi connectivity index (χ2v) is 11.5. The average molecular weight is 608 g/mol. The fourth-order valence-corrected chi connectivity index (χ4v) is 5.57. The van der Waals surface area contributed by atoms with E-state index in [9.17, 15) is 14.7 Å². The normalized spacial score (nSPS) is 14.6. The highest BCUT2D eigenvalue weighted by atomic mass is 35.5. The fraction of sp³-hybridized carbons (Fsp3) is 0.333. The summed E-state index contributed by atoms with van der Waals surface area (Å²) in [5, 5.41) is 18.1. The number of aromatic hydroxyl groups is 1. The maximum Gasteiger partial charge on any atom is 0.251 e. The number of carbonyl (C=O) groups is 2. The van der Waals surface area contributed by atoms with Gasteiger partial charge in [0.25, 0.3) is 5.91 Å². The standard InChI is InChI=1S/C30H30Cl4N2O3/c31-23-9-6-19(14-25(23)33)12-13-35-30(39)27(15-18-4-2-1-3-5-18)36-29(38)21-8-11-28(37)22(16-21)20-7-10-24(32)26(34)17-20/h6-11,14,16-18,27,37H,1-5,12-13,15H2,(H,35,39)(H,36,38)/t27-/m0/s1. The van der Waals surface area contributed by atoms with Gasteiger partial charge in [0.05, 0.1) is 20.1 Å². The number of amides is 2. The zero-order valence-electron chi connectivity index (χ0n) is 21.3. The fourth-order valence-electron chi connectivity index (χ4n) is 4.95. The summed E-state index contributed by atoms with van der Waals surface area (Å²) in [6, 6.07) is 14.3. The summed E-state index contributed by atoms with van der Waals surface area (Å²) in [6.45, 7) is 0.397. The molecule has 0 spiro atoms. The van der Waals surface area contributed by atoms with Crippen LogP contribution in [-0.2, 0) is 11.2 Å². The van der Waals surface area contributed by atoms with E-state index in [1.807, 2.05) is 6.07 Å². The van der Waals surface area contributed by atoms with Crippen molar-refractivity contribution in [2.75, 3.05) is 6.54 Å². The molecule has 4 rings (SSSR count). The topological polar surface area (TPSA) is 78.4 Å². The second kappa shape index (κ2) is 13.8. The Morgan fingerprint density at radius 2 is 1.54 bits per heavy atom. The van der Waals surface area contributed by atoms with E-state index in [4.69, 9.17) is 46.4 Å². The molecule has 0 aromatic heterocycles. The Morgan fingerprint density at radius 3 is 2.23 bits per heavy atom. The lowest BCUT2D eigenvalue weighted by Gasteiger charge is -2.27. The number of phenolic OH excluding ortho intramolecular Hbond substituents is 1. The van der Waals surface area contributed by atoms with Crippen LogP contribution in [-0.4, -0.2) is 29.5 Å². The van der Waals surface area contributed by atoms with Crippen LogP contribution in [0, 0.1) is 5.92 Å². The number of halogens is 4. The quantitative estimate of drug-likeness (QED) is 0.230. The van der Waals surface area contributed by atoms with Crippen LogP contribution in [0.4, 0.5) is 0 Å². The van der Waals surface area contributed by atoms with Crippen molar-refractivity contribution in [2.45, 2.75) is 51.0 Å². The molecule has 5 nitrogen and oxygen atoms in total. The molecule has 9 heteroatoms. The molecule has 0 bridgehead atoms. The average Bonchev–Trinajstić information content (AvgIpc) is 2.92. The molecule has 3 N–H and O–H groups in total. The van der Waals surface area contributed by atoms with Crippen LogP contribution in [0.2, 0.25) is 20.1 Å². The summed E-state index contributed by atoms with van der Waals surface area (Å²) >= 11 is 24.3. The Kier molecular flexibility index (Phi) is 10.4. The van der Waals surface area contributed by atoms with E-state index in [1.54, 1.807) is 36.4 Å². The highest BCUT2D eigenvalue weighted by molar-refractivity contribution is 6.42. The first-order chi connectivity index (χ1) is 18.7. The van der Waals surface area contributed by atoms with Crippen LogP contribution in [0.3, 0.4) is 0 Å². The summed E-state index contributed by atoms with van der Waals surface area (Å²) in [6.07, 6.45) is 6.71. The molecule has 3 aromatic rings. The molecule has 206 valence electrons. The number of hydrogen-bond donors (Lipinski definition) is 3. The van der Waals surface area contributed by atoms with Gasteiger partial charge < -0.3 is 15.7 Å². The van der Waals surface area contributed by atoms with Gasteiger partial charge in [0.1, 0.15) is 11.8 Å². The van der Waals surface area contributed by atoms with Crippen molar-refractivity contribution in [3.8, 4) is 16.9 Å². The lowest BCUT2D eigenvalue weighted by atomic mass is 9.84. The Labute approximate surface area is 248 Å². The zero-order chi connectivity index (χ0) is 27.9. The van der Waals surface area contributed by atoms with Crippen LogP contribution in [0.25, 0.3) is 11.1 Å². The lowest BCUT2D eigenvalue weighted by molar-refractivity contribution is -0.123. The third kappa shape index (κ3) is 8.04. The van der Waals surface area contributed by atoms with Gasteiger partial charge in [0.2, 0.25) is 5.91 Å². The van der Waals surface area contributed by atoms with Crippen LogP contribution in [0.1, 0.15) is 54.4 Å². The number of rotatable bonds is 9. The van der Waals surface area contributed by atoms with Gasteiger partial charge in [-0.1, -0.05) is 90.6 Å². The van der Waals surface area contributed by atoms with E-state index < -0.39 is 11.9 Å². The van der Waals surface area contributed by atoms with Gasteiger partial charge in [0, 0.05) is 17.7 Å². The molecule has 1 aliphatic carbocycles. The molecule has 0 unspecified atom stereocenters. The van der Waals surface area contributed by atoms with Crippen molar-refractivity contribution >= 4 is 58.2 Å². The third-order valence-corrected chi connectivity index (χ3v) is 8.58. The second-order valence-electron chi connectivity index (χ2n) is 9.92. The zero-order valence-corrected chi connectivity index (χ0v) is 24.3. The van der Waals surface area contributed by atoms with E-state index in [0.717, 1.165) is 31.2 Å². The Bertz CT molecular complexity index is 1340. The van der Waals surface area contributed by atoms with Crippen molar-refractivity contribution in [1.29, 1.82) is 0 Å². The first-order valence-electron chi connectivity index (χ1n) is 13.0. The van der Waals surface area contributed by atoms with Crippen LogP contribution >= 0.6 is 46.4 Å². The summed E-state index contributed by atoms with van der Waals surface area (Å²) in [7, 11) is 0. The van der Waals surface area contributed by atoms with Crippen molar-refractivity contribution in [3.05, 3.63) is 85.8 Å². The highest BCUT2D eigenvalue weighted by Crippen LogP contribution is 2.34. The number of hydrogen-bond acceptors (Lipinski definition) is 3. The molecule has 0 heterocycles. The molecule has 39 heavy (non-hydrogen) atoms. The number of carbonyl (C=O) groups excluding carboxylic acids is 2. The number of phenols is 1. The van der Waals surface area contributed by atoms with E-state index in [0.29, 0.717) is 62.1 Å². The van der Waals surface area contributed by atoms with Gasteiger partial charge in [-0.15, -0.1) is 0 Å². The molecule has 0 radical (unpaired) electrons. The molecule has 0 saturated heterocycles. The number of benzene rings is 3. The van der Waals surface area contributed by atoms with Crippen molar-refractivity contribution < 1.29 is 14.7 Å². The SMILES string of the molecule is O=C(N[C@@H](CC1CCCCC1)C(=O)NCCc1ccc(Cl)c(Cl)c1)c1ccc(O)c(-c2ccc(Cl)c(Cl)c2)c1. The maximum absolute atomic E-state index is 13.3. The summed E-state index contributed by atoms with van der Waals surface area (Å²) in [4.78, 5) is 26.6. The van der Waals surface area contributed by atoms with Gasteiger partial charge in [0.15, 0.2) is 0 Å². The maximum atomic E-state index is 13.3. The molecular formula is C30H30Cl4N2O3. The van der Waals surface area contributed by atoms with E-state index >= 15 is 0 Å².